The van der Waals surface area contributed by atoms with E-state index in [1.54, 1.807) is 0 Å². The summed E-state index contributed by atoms with van der Waals surface area (Å²) in [7, 11) is 0. The van der Waals surface area contributed by atoms with E-state index in [4.69, 9.17) is 10.2 Å². The lowest BCUT2D eigenvalue weighted by Crippen LogP contribution is -2.40. The van der Waals surface area contributed by atoms with E-state index >= 15 is 0 Å². The number of nitrogens with one attached hydrogen (secondary N) is 1. The number of rotatable bonds is 5. The molecule has 0 fully saturated rings. The maximum absolute atomic E-state index is 10.9. The van der Waals surface area contributed by atoms with E-state index in [9.17, 15) is 9.32 Å². The van der Waals surface area contributed by atoms with Crippen LogP contribution in [0.4, 0.5) is 4.53 Å². The number of halogens is 1. The first-order chi connectivity index (χ1) is 4.72. The van der Waals surface area contributed by atoms with Crippen molar-refractivity contribution in [3.63, 3.8) is 0 Å². The summed E-state index contributed by atoms with van der Waals surface area (Å²) >= 11 is 0. The lowest BCUT2D eigenvalue weighted by atomic mass is 10.3. The fourth-order valence-electron chi connectivity index (χ4n) is 0.362. The molecule has 0 aliphatic carbocycles. The first-order valence-electron chi connectivity index (χ1n) is 2.53. The molecule has 0 aromatic rings. The van der Waals surface area contributed by atoms with Crippen molar-refractivity contribution in [1.29, 1.82) is 0 Å². The molecule has 1 atom stereocenters. The summed E-state index contributed by atoms with van der Waals surface area (Å²) in [5.41, 5.74) is 0. The standard InChI is InChI=1S/C4H8FNO4/c5-10-2-6-3(1-7)4(8)9/h3,6-7H,1-2H2,(H,8,9)/t3-/m0/s1. The van der Waals surface area contributed by atoms with E-state index in [0.717, 1.165) is 0 Å². The summed E-state index contributed by atoms with van der Waals surface area (Å²) in [5.74, 6) is -1.25. The molecule has 0 unspecified atom stereocenters. The van der Waals surface area contributed by atoms with Gasteiger partial charge in [0.25, 0.3) is 0 Å². The minimum absolute atomic E-state index is 0.544. The van der Waals surface area contributed by atoms with Gasteiger partial charge in [-0.1, -0.05) is 0 Å². The topological polar surface area (TPSA) is 78.8 Å². The number of aliphatic hydroxyl groups is 1. The number of carboxylic acid groups (broad SMARTS) is 1. The van der Waals surface area contributed by atoms with Crippen LogP contribution in [0.5, 0.6) is 0 Å². The quantitative estimate of drug-likeness (QED) is 0.436. The van der Waals surface area contributed by atoms with Gasteiger partial charge in [0, 0.05) is 0 Å². The molecule has 0 aromatic carbocycles. The van der Waals surface area contributed by atoms with Crippen LogP contribution in [0.15, 0.2) is 0 Å². The van der Waals surface area contributed by atoms with Crippen LogP contribution in [-0.2, 0) is 9.74 Å². The molecule has 0 bridgehead atoms. The molecule has 6 heteroatoms. The van der Waals surface area contributed by atoms with E-state index in [0.29, 0.717) is 0 Å². The van der Waals surface area contributed by atoms with E-state index in [1.807, 2.05) is 0 Å². The fraction of sp³-hybridized carbons (Fsp3) is 0.750. The Bertz CT molecular complexity index is 109. The Morgan fingerprint density at radius 2 is 2.40 bits per heavy atom. The summed E-state index contributed by atoms with van der Waals surface area (Å²) < 4.78 is 10.9. The van der Waals surface area contributed by atoms with Gasteiger partial charge in [0.05, 0.1) is 6.61 Å². The molecule has 0 spiro atoms. The molecule has 0 saturated heterocycles. The van der Waals surface area contributed by atoms with Crippen LogP contribution in [0.25, 0.3) is 0 Å². The van der Waals surface area contributed by atoms with Crippen molar-refractivity contribution >= 4 is 5.97 Å². The van der Waals surface area contributed by atoms with Crippen molar-refractivity contribution in [1.82, 2.24) is 5.32 Å². The average Bonchev–Trinajstić information content (AvgIpc) is 1.89. The molecule has 0 aliphatic heterocycles. The first-order valence-corrected chi connectivity index (χ1v) is 2.53. The highest BCUT2D eigenvalue weighted by atomic mass is 19.3. The van der Waals surface area contributed by atoms with Gasteiger partial charge in [-0.3, -0.25) is 10.1 Å². The molecule has 5 nitrogen and oxygen atoms in total. The zero-order chi connectivity index (χ0) is 7.98. The Morgan fingerprint density at radius 1 is 1.80 bits per heavy atom. The second kappa shape index (κ2) is 5.10. The third kappa shape index (κ3) is 3.33. The Hall–Kier alpha value is -0.720. The summed E-state index contributed by atoms with van der Waals surface area (Å²) in [5, 5.41) is 18.6. The molecule has 3 N–H and O–H groups in total. The Labute approximate surface area is 56.3 Å². The van der Waals surface area contributed by atoms with Gasteiger partial charge in [-0.05, 0) is 4.53 Å². The van der Waals surface area contributed by atoms with Crippen molar-refractivity contribution in [2.24, 2.45) is 0 Å². The molecule has 0 heterocycles. The molecule has 0 radical (unpaired) electrons. The predicted octanol–water partition coefficient (Wildman–Crippen LogP) is -1.12. The van der Waals surface area contributed by atoms with Gasteiger partial charge in [0.1, 0.15) is 12.8 Å². The minimum atomic E-state index is -1.25. The number of aliphatic carboxylic acids is 1. The van der Waals surface area contributed by atoms with Crippen LogP contribution in [0.2, 0.25) is 0 Å². The third-order valence-electron chi connectivity index (χ3n) is 0.865. The number of carbonyl (C=O) groups is 1. The molecule has 10 heavy (non-hydrogen) atoms. The lowest BCUT2D eigenvalue weighted by Gasteiger charge is -2.07. The molecule has 60 valence electrons. The Morgan fingerprint density at radius 3 is 2.70 bits per heavy atom. The Kier molecular flexibility index (Phi) is 4.73. The zero-order valence-corrected chi connectivity index (χ0v) is 5.08. The smallest absolute Gasteiger partial charge is 0.323 e. The number of aliphatic hydroxyl groups excluding tert-OH is 1. The second-order valence-electron chi connectivity index (χ2n) is 1.53. The van der Waals surface area contributed by atoms with Gasteiger partial charge < -0.3 is 10.2 Å². The highest BCUT2D eigenvalue weighted by molar-refractivity contribution is 5.73. The van der Waals surface area contributed by atoms with Gasteiger partial charge in [0.15, 0.2) is 0 Å². The van der Waals surface area contributed by atoms with Gasteiger partial charge >= 0.3 is 5.97 Å². The summed E-state index contributed by atoms with van der Waals surface area (Å²) in [6.45, 7) is -1.14. The van der Waals surface area contributed by atoms with Crippen LogP contribution >= 0.6 is 0 Å². The summed E-state index contributed by atoms with van der Waals surface area (Å²) in [6.07, 6.45) is 0. The largest absolute Gasteiger partial charge is 0.480 e. The van der Waals surface area contributed by atoms with Crippen LogP contribution in [-0.4, -0.2) is 35.6 Å². The molecule has 0 amide bonds. The predicted molar refractivity (Wildman–Crippen MR) is 28.7 cm³/mol. The van der Waals surface area contributed by atoms with Crippen LogP contribution in [0.3, 0.4) is 0 Å². The second-order valence-corrected chi connectivity index (χ2v) is 1.53. The third-order valence-corrected chi connectivity index (χ3v) is 0.865. The summed E-state index contributed by atoms with van der Waals surface area (Å²) in [6, 6.07) is -1.17. The van der Waals surface area contributed by atoms with E-state index in [-0.39, 0.29) is 0 Å². The average molecular weight is 153 g/mol. The van der Waals surface area contributed by atoms with Gasteiger partial charge in [-0.2, -0.15) is 4.94 Å². The molecule has 0 rings (SSSR count). The van der Waals surface area contributed by atoms with Crippen molar-refractivity contribution in [3.8, 4) is 0 Å². The van der Waals surface area contributed by atoms with Crippen LogP contribution in [0, 0.1) is 0 Å². The zero-order valence-electron chi connectivity index (χ0n) is 5.08. The van der Waals surface area contributed by atoms with Crippen molar-refractivity contribution in [2.75, 3.05) is 13.3 Å². The minimum Gasteiger partial charge on any atom is -0.480 e. The van der Waals surface area contributed by atoms with Crippen molar-refractivity contribution < 1.29 is 24.5 Å². The van der Waals surface area contributed by atoms with Crippen molar-refractivity contribution in [2.45, 2.75) is 6.04 Å². The fourth-order valence-corrected chi connectivity index (χ4v) is 0.362. The van der Waals surface area contributed by atoms with Crippen LogP contribution < -0.4 is 5.32 Å². The van der Waals surface area contributed by atoms with Gasteiger partial charge in [-0.25, -0.2) is 0 Å². The molecule has 0 aliphatic rings. The molecule has 0 saturated carbocycles. The maximum Gasteiger partial charge on any atom is 0.323 e. The number of hydrogen-bond donors (Lipinski definition) is 3. The van der Waals surface area contributed by atoms with Gasteiger partial charge in [-0.15, -0.1) is 0 Å². The molecular weight excluding hydrogens is 145 g/mol. The van der Waals surface area contributed by atoms with E-state index in [2.05, 4.69) is 10.3 Å². The van der Waals surface area contributed by atoms with E-state index in [1.165, 1.54) is 0 Å². The maximum atomic E-state index is 10.9. The number of carboxylic acids is 1. The Balaban J connectivity index is 3.50. The van der Waals surface area contributed by atoms with E-state index < -0.39 is 25.3 Å². The van der Waals surface area contributed by atoms with Crippen molar-refractivity contribution in [3.05, 3.63) is 0 Å². The number of hydrogen-bond acceptors (Lipinski definition) is 4. The molecule has 0 aromatic heterocycles. The monoisotopic (exact) mass is 153 g/mol. The van der Waals surface area contributed by atoms with Crippen LogP contribution in [0.1, 0.15) is 0 Å². The lowest BCUT2D eigenvalue weighted by molar-refractivity contribution is -0.153. The SMILES string of the molecule is O=C(O)[C@H](CO)NCOF. The highest BCUT2D eigenvalue weighted by Gasteiger charge is 2.14. The first kappa shape index (κ1) is 9.28. The summed E-state index contributed by atoms with van der Waals surface area (Å²) in [4.78, 5) is 13.1. The normalized spacial score (nSPS) is 13.0. The molecular formula is C4H8FNO4. The van der Waals surface area contributed by atoms with Gasteiger partial charge in [0.2, 0.25) is 0 Å². The highest BCUT2D eigenvalue weighted by Crippen LogP contribution is 1.81.